The van der Waals surface area contributed by atoms with Gasteiger partial charge in [0, 0.05) is 12.1 Å². The number of benzene rings is 3. The first-order valence-electron chi connectivity index (χ1n) is 9.92. The zero-order valence-electron chi connectivity index (χ0n) is 16.1. The number of hydrazine groups is 1. The number of hydrazone groups is 1. The number of nitrogens with zero attached hydrogens (tertiary/aromatic N) is 4. The molecule has 1 saturated heterocycles. The molecule has 0 saturated carbocycles. The van der Waals surface area contributed by atoms with Gasteiger partial charge in [0.15, 0.2) is 5.84 Å². The Morgan fingerprint density at radius 1 is 0.828 bits per heavy atom. The molecule has 29 heavy (non-hydrogen) atoms. The van der Waals surface area contributed by atoms with Crippen molar-refractivity contribution in [3.8, 4) is 0 Å². The Labute approximate surface area is 170 Å². The average molecular weight is 382 g/mol. The highest BCUT2D eigenvalue weighted by Crippen LogP contribution is 2.37. The van der Waals surface area contributed by atoms with Crippen LogP contribution in [-0.2, 0) is 6.54 Å². The van der Waals surface area contributed by atoms with E-state index in [-0.39, 0.29) is 12.1 Å². The van der Waals surface area contributed by atoms with E-state index in [1.165, 1.54) is 5.56 Å². The Bertz CT molecular complexity index is 1020. The average Bonchev–Trinajstić information content (AvgIpc) is 3.23. The van der Waals surface area contributed by atoms with E-state index < -0.39 is 0 Å². The van der Waals surface area contributed by atoms with E-state index in [1.807, 2.05) is 83.9 Å². The minimum absolute atomic E-state index is 0.0769. The fraction of sp³-hybridized carbons (Fsp3) is 0.167. The van der Waals surface area contributed by atoms with Crippen molar-refractivity contribution in [3.63, 3.8) is 0 Å². The number of carbonyl (C=O) groups is 1. The molecule has 144 valence electrons. The standard InChI is InChI=1S/C24H22N4O/c29-24-26(18-19-10-4-1-5-11-19)25-23(21-14-8-3-9-15-21)28-22(16-17-27(24)28)20-12-6-2-7-13-20/h1-15,22H,16-18H2. The molecule has 0 radical (unpaired) electrons. The van der Waals surface area contributed by atoms with Crippen molar-refractivity contribution in [2.45, 2.75) is 19.0 Å². The highest BCUT2D eigenvalue weighted by molar-refractivity contribution is 6.02. The maximum Gasteiger partial charge on any atom is 0.359 e. The van der Waals surface area contributed by atoms with Crippen LogP contribution in [0.3, 0.4) is 0 Å². The lowest BCUT2D eigenvalue weighted by Gasteiger charge is -2.40. The van der Waals surface area contributed by atoms with E-state index in [1.54, 1.807) is 5.01 Å². The molecule has 5 rings (SSSR count). The molecular formula is C24H22N4O. The fourth-order valence-corrected chi connectivity index (χ4v) is 4.05. The molecule has 0 bridgehead atoms. The van der Waals surface area contributed by atoms with Crippen LogP contribution in [0, 0.1) is 0 Å². The summed E-state index contributed by atoms with van der Waals surface area (Å²) in [6.45, 7) is 1.13. The molecular weight excluding hydrogens is 360 g/mol. The highest BCUT2D eigenvalue weighted by atomic mass is 16.2. The normalized spacial score (nSPS) is 18.6. The molecule has 0 N–H and O–H groups in total. The molecule has 0 spiro atoms. The van der Waals surface area contributed by atoms with Gasteiger partial charge in [0.25, 0.3) is 0 Å². The van der Waals surface area contributed by atoms with Crippen molar-refractivity contribution in [2.75, 3.05) is 6.54 Å². The first-order chi connectivity index (χ1) is 14.3. The number of carbonyl (C=O) groups excluding carboxylic acids is 1. The molecule has 1 unspecified atom stereocenters. The number of amides is 2. The number of fused-ring (bicyclic) bond motifs is 1. The Kier molecular flexibility index (Phi) is 4.48. The lowest BCUT2D eigenvalue weighted by molar-refractivity contribution is 0.0558. The second kappa shape index (κ2) is 7.43. The Morgan fingerprint density at radius 2 is 1.45 bits per heavy atom. The highest BCUT2D eigenvalue weighted by Gasteiger charge is 2.43. The van der Waals surface area contributed by atoms with Gasteiger partial charge in [-0.15, -0.1) is 5.10 Å². The summed E-state index contributed by atoms with van der Waals surface area (Å²) in [7, 11) is 0. The van der Waals surface area contributed by atoms with Gasteiger partial charge < -0.3 is 0 Å². The molecule has 2 aliphatic rings. The molecule has 3 aromatic carbocycles. The van der Waals surface area contributed by atoms with Crippen LogP contribution in [0.2, 0.25) is 0 Å². The SMILES string of the molecule is O=C1N(Cc2ccccc2)N=C(c2ccccc2)N2C(c3ccccc3)CCN12. The molecule has 2 aliphatic heterocycles. The summed E-state index contributed by atoms with van der Waals surface area (Å²) >= 11 is 0. The lowest BCUT2D eigenvalue weighted by Crippen LogP contribution is -2.54. The van der Waals surface area contributed by atoms with E-state index in [9.17, 15) is 4.79 Å². The zero-order chi connectivity index (χ0) is 19.6. The molecule has 1 atom stereocenters. The molecule has 1 fully saturated rings. The minimum atomic E-state index is -0.0769. The molecule has 2 heterocycles. The van der Waals surface area contributed by atoms with Crippen LogP contribution in [-0.4, -0.2) is 33.4 Å². The van der Waals surface area contributed by atoms with E-state index in [0.29, 0.717) is 13.1 Å². The van der Waals surface area contributed by atoms with Crippen LogP contribution in [0.1, 0.15) is 29.2 Å². The van der Waals surface area contributed by atoms with Gasteiger partial charge in [-0.25, -0.2) is 14.8 Å². The summed E-state index contributed by atoms with van der Waals surface area (Å²) in [5, 5.41) is 10.3. The summed E-state index contributed by atoms with van der Waals surface area (Å²) in [5.41, 5.74) is 3.26. The summed E-state index contributed by atoms with van der Waals surface area (Å²) in [6, 6.07) is 30.5. The maximum absolute atomic E-state index is 13.3. The van der Waals surface area contributed by atoms with Crippen molar-refractivity contribution < 1.29 is 4.79 Å². The van der Waals surface area contributed by atoms with Gasteiger partial charge in [0.1, 0.15) is 0 Å². The van der Waals surface area contributed by atoms with Crippen molar-refractivity contribution in [1.82, 2.24) is 15.0 Å². The van der Waals surface area contributed by atoms with Crippen LogP contribution in [0.4, 0.5) is 4.79 Å². The monoisotopic (exact) mass is 382 g/mol. The quantitative estimate of drug-likeness (QED) is 0.659. The molecule has 5 nitrogen and oxygen atoms in total. The van der Waals surface area contributed by atoms with E-state index in [0.717, 1.165) is 23.4 Å². The van der Waals surface area contributed by atoms with Crippen LogP contribution in [0.5, 0.6) is 0 Å². The van der Waals surface area contributed by atoms with Gasteiger partial charge in [-0.2, -0.15) is 0 Å². The van der Waals surface area contributed by atoms with Crippen LogP contribution < -0.4 is 0 Å². The minimum Gasteiger partial charge on any atom is -0.255 e. The lowest BCUT2D eigenvalue weighted by atomic mass is 10.0. The van der Waals surface area contributed by atoms with Crippen LogP contribution in [0.15, 0.2) is 96.1 Å². The molecule has 2 amide bonds. The Balaban J connectivity index is 1.57. The van der Waals surface area contributed by atoms with Gasteiger partial charge >= 0.3 is 6.03 Å². The fourth-order valence-electron chi connectivity index (χ4n) is 4.05. The van der Waals surface area contributed by atoms with Crippen molar-refractivity contribution in [2.24, 2.45) is 5.10 Å². The van der Waals surface area contributed by atoms with Gasteiger partial charge in [0.2, 0.25) is 0 Å². The van der Waals surface area contributed by atoms with Gasteiger partial charge in [-0.1, -0.05) is 91.0 Å². The number of amidine groups is 1. The van der Waals surface area contributed by atoms with Gasteiger partial charge in [0.05, 0.1) is 12.6 Å². The second-order valence-electron chi connectivity index (χ2n) is 7.30. The number of hydrogen-bond acceptors (Lipinski definition) is 3. The van der Waals surface area contributed by atoms with Crippen LogP contribution in [0.25, 0.3) is 0 Å². The van der Waals surface area contributed by atoms with Crippen molar-refractivity contribution in [1.29, 1.82) is 0 Å². The third kappa shape index (κ3) is 3.25. The topological polar surface area (TPSA) is 39.2 Å². The molecule has 0 aliphatic carbocycles. The zero-order valence-corrected chi connectivity index (χ0v) is 16.1. The van der Waals surface area contributed by atoms with Gasteiger partial charge in [-0.3, -0.25) is 5.01 Å². The summed E-state index contributed by atoms with van der Waals surface area (Å²) < 4.78 is 0. The Morgan fingerprint density at radius 3 is 2.14 bits per heavy atom. The summed E-state index contributed by atoms with van der Waals surface area (Å²) in [5.74, 6) is 0.812. The Hall–Kier alpha value is -3.60. The predicted molar refractivity (Wildman–Crippen MR) is 113 cm³/mol. The molecule has 3 aromatic rings. The van der Waals surface area contributed by atoms with E-state index >= 15 is 0 Å². The second-order valence-corrected chi connectivity index (χ2v) is 7.30. The smallest absolute Gasteiger partial charge is 0.255 e. The largest absolute Gasteiger partial charge is 0.359 e. The van der Waals surface area contributed by atoms with Crippen LogP contribution >= 0.6 is 0 Å². The van der Waals surface area contributed by atoms with Gasteiger partial charge in [-0.05, 0) is 17.5 Å². The van der Waals surface area contributed by atoms with Crippen molar-refractivity contribution in [3.05, 3.63) is 108 Å². The molecule has 5 heteroatoms. The first kappa shape index (κ1) is 17.5. The number of urea groups is 1. The van der Waals surface area contributed by atoms with Crippen molar-refractivity contribution >= 4 is 11.9 Å². The number of hydrogen-bond donors (Lipinski definition) is 0. The first-order valence-corrected chi connectivity index (χ1v) is 9.92. The molecule has 0 aromatic heterocycles. The predicted octanol–water partition coefficient (Wildman–Crippen LogP) is 4.65. The number of rotatable bonds is 4. The maximum atomic E-state index is 13.3. The van der Waals surface area contributed by atoms with E-state index in [2.05, 4.69) is 17.1 Å². The third-order valence-corrected chi connectivity index (χ3v) is 5.44. The summed E-state index contributed by atoms with van der Waals surface area (Å²) in [4.78, 5) is 13.3. The van der Waals surface area contributed by atoms with E-state index in [4.69, 9.17) is 5.10 Å². The third-order valence-electron chi connectivity index (χ3n) is 5.44. The summed E-state index contributed by atoms with van der Waals surface area (Å²) in [6.07, 6.45) is 0.876.